The van der Waals surface area contributed by atoms with Crippen LogP contribution in [-0.4, -0.2) is 49.0 Å². The average molecular weight is 627 g/mol. The van der Waals surface area contributed by atoms with Crippen molar-refractivity contribution in [2.45, 2.75) is 37.9 Å². The van der Waals surface area contributed by atoms with Crippen LogP contribution >= 0.6 is 0 Å². The minimum atomic E-state index is -3.29. The number of halogens is 2. The summed E-state index contributed by atoms with van der Waals surface area (Å²) in [5, 5.41) is 19.6. The number of H-pyrrole nitrogens is 1. The number of benzene rings is 2. The Hall–Kier alpha value is -5.93. The zero-order valence-corrected chi connectivity index (χ0v) is 23.9. The molecule has 2 amide bonds. The first-order valence-electron chi connectivity index (χ1n) is 14.2. The number of amides is 2. The number of nitrogens with two attached hydrogens (primary N) is 1. The van der Waals surface area contributed by atoms with E-state index in [2.05, 4.69) is 41.2 Å². The average Bonchev–Trinajstić information content (AvgIpc) is 3.74. The number of hydrogen-bond donors (Lipinski definition) is 4. The van der Waals surface area contributed by atoms with Crippen LogP contribution in [-0.2, 0) is 25.4 Å². The lowest BCUT2D eigenvalue weighted by Crippen LogP contribution is -2.48. The fraction of sp³-hybridized carbons (Fsp3) is 0.233. The van der Waals surface area contributed by atoms with Crippen molar-refractivity contribution in [2.24, 2.45) is 0 Å². The maximum Gasteiger partial charge on any atom is 0.290 e. The molecule has 5 N–H and O–H groups in total. The summed E-state index contributed by atoms with van der Waals surface area (Å²) in [7, 11) is 0. The molecule has 5 aromatic rings. The molecule has 0 saturated heterocycles. The molecule has 0 spiro atoms. The second-order valence-corrected chi connectivity index (χ2v) is 11.2. The van der Waals surface area contributed by atoms with Crippen molar-refractivity contribution in [3.8, 4) is 11.4 Å². The number of nitrogens with zero attached hydrogens (tertiary/aromatic N) is 6. The number of carbonyl (C=O) groups excluding carboxylic acids is 2. The fourth-order valence-electron chi connectivity index (χ4n) is 6.00. The van der Waals surface area contributed by atoms with Gasteiger partial charge in [0.2, 0.25) is 5.82 Å². The number of aromatic nitrogens is 6. The quantitative estimate of drug-likeness (QED) is 0.190. The van der Waals surface area contributed by atoms with Crippen molar-refractivity contribution in [2.75, 3.05) is 17.2 Å². The Morgan fingerprint density at radius 1 is 1.02 bits per heavy atom. The third-order valence-electron chi connectivity index (χ3n) is 8.27. The van der Waals surface area contributed by atoms with Crippen LogP contribution in [0.5, 0.6) is 0 Å². The molecule has 1 aliphatic carbocycles. The number of fused-ring (bicyclic) bond motifs is 2. The van der Waals surface area contributed by atoms with Crippen LogP contribution in [0.25, 0.3) is 11.4 Å². The number of nitrogens with one attached hydrogen (secondary N) is 3. The number of hydrogen-bond acceptors (Lipinski definition) is 11. The molecule has 0 radical (unpaired) electrons. The summed E-state index contributed by atoms with van der Waals surface area (Å²) in [6.45, 7) is -0.877. The summed E-state index contributed by atoms with van der Waals surface area (Å²) in [6, 6.07) is 11.0. The van der Waals surface area contributed by atoms with E-state index in [-0.39, 0.29) is 53.0 Å². The molecular formula is C30H24F2N10O4. The highest BCUT2D eigenvalue weighted by Crippen LogP contribution is 2.39. The predicted molar refractivity (Wildman–Crippen MR) is 158 cm³/mol. The molecule has 0 fully saturated rings. The minimum Gasteiger partial charge on any atom is -0.394 e. The summed E-state index contributed by atoms with van der Waals surface area (Å²) < 4.78 is 29.9. The molecule has 3 aromatic carbocycles. The Balaban J connectivity index is 1.01. The van der Waals surface area contributed by atoms with E-state index in [0.29, 0.717) is 17.8 Å². The van der Waals surface area contributed by atoms with E-state index in [0.717, 1.165) is 34.3 Å². The van der Waals surface area contributed by atoms with Crippen LogP contribution in [0.2, 0.25) is 0 Å². The Kier molecular flexibility index (Phi) is 6.83. The lowest BCUT2D eigenvalue weighted by atomic mass is 9.93. The number of nitrogen functional groups attached to an aromatic ring is 1. The number of tetrazole rings is 1. The first-order valence-corrected chi connectivity index (χ1v) is 14.2. The molecule has 14 nitrogen and oxygen atoms in total. The molecule has 2 aromatic heterocycles. The van der Waals surface area contributed by atoms with E-state index in [1.54, 1.807) is 0 Å². The van der Waals surface area contributed by atoms with E-state index >= 15 is 0 Å². The normalized spacial score (nSPS) is 16.6. The largest absolute Gasteiger partial charge is 0.394 e. The Bertz CT molecular complexity index is 2090. The van der Waals surface area contributed by atoms with E-state index in [1.807, 2.05) is 18.2 Å². The lowest BCUT2D eigenvalue weighted by Gasteiger charge is -2.36. The van der Waals surface area contributed by atoms with Gasteiger partial charge in [0, 0.05) is 30.3 Å². The molecule has 0 unspecified atom stereocenters. The summed E-state index contributed by atoms with van der Waals surface area (Å²) in [5.41, 5.74) is 6.63. The smallest absolute Gasteiger partial charge is 0.290 e. The van der Waals surface area contributed by atoms with E-state index in [9.17, 15) is 28.0 Å². The first kappa shape index (κ1) is 28.8. The number of carbonyl (C=O) groups is 2. The highest BCUT2D eigenvalue weighted by molar-refractivity contribution is 5.97. The first-order chi connectivity index (χ1) is 22.1. The Morgan fingerprint density at radius 3 is 2.59 bits per heavy atom. The second-order valence-electron chi connectivity index (χ2n) is 11.2. The van der Waals surface area contributed by atoms with E-state index < -0.39 is 35.1 Å². The van der Waals surface area contributed by atoms with Crippen molar-refractivity contribution in [3.63, 3.8) is 0 Å². The molecule has 1 atom stereocenters. The second kappa shape index (κ2) is 10.9. The summed E-state index contributed by atoms with van der Waals surface area (Å²) in [5.74, 6) is -3.89. The number of rotatable bonds is 7. The summed E-state index contributed by atoms with van der Waals surface area (Å²) >= 11 is 0. The zero-order chi connectivity index (χ0) is 32.2. The Morgan fingerprint density at radius 2 is 1.83 bits per heavy atom. The standard InChI is InChI=1S/C30H24F2N10O4/c31-30(32)12-42(24-23(33)25(43)26(24)44)11-17-7-14(1-5-19(17)30)10-34-28(45)21-9-22(36-13-35-21)29(46)37-20-6-3-15-8-16(2-4-18(15)20)27-38-40-41-39-27/h1-2,4-5,7-9,13,20H,3,6,10-12,33H2,(H,34,45)(H,37,46)(H,38,39,40,41)/t20-/m0/s1. The van der Waals surface area contributed by atoms with Gasteiger partial charge in [-0.05, 0) is 46.4 Å². The van der Waals surface area contributed by atoms with Gasteiger partial charge in [0.25, 0.3) is 28.6 Å². The van der Waals surface area contributed by atoms with Crippen LogP contribution in [0, 0.1) is 0 Å². The summed E-state index contributed by atoms with van der Waals surface area (Å²) in [6.07, 6.45) is 2.54. The molecule has 1 aliphatic heterocycles. The van der Waals surface area contributed by atoms with Crippen LogP contribution in [0.3, 0.4) is 0 Å². The van der Waals surface area contributed by atoms with Gasteiger partial charge in [0.05, 0.1) is 12.6 Å². The van der Waals surface area contributed by atoms with Crippen LogP contribution in [0.1, 0.15) is 61.3 Å². The zero-order valence-electron chi connectivity index (χ0n) is 23.9. The third-order valence-corrected chi connectivity index (χ3v) is 8.27. The molecular weight excluding hydrogens is 602 g/mol. The van der Waals surface area contributed by atoms with E-state index in [1.165, 1.54) is 24.3 Å². The fourth-order valence-corrected chi connectivity index (χ4v) is 6.00. The molecule has 46 heavy (non-hydrogen) atoms. The van der Waals surface area contributed by atoms with Gasteiger partial charge in [-0.2, -0.15) is 14.0 Å². The minimum absolute atomic E-state index is 0.00530. The predicted octanol–water partition coefficient (Wildman–Crippen LogP) is 1.29. The van der Waals surface area contributed by atoms with Gasteiger partial charge in [-0.15, -0.1) is 10.2 Å². The van der Waals surface area contributed by atoms with Crippen molar-refractivity contribution >= 4 is 23.2 Å². The molecule has 0 saturated carbocycles. The van der Waals surface area contributed by atoms with Gasteiger partial charge < -0.3 is 21.3 Å². The van der Waals surface area contributed by atoms with Crippen molar-refractivity contribution in [1.29, 1.82) is 0 Å². The molecule has 3 heterocycles. The van der Waals surface area contributed by atoms with Crippen LogP contribution < -0.4 is 32.1 Å². The highest BCUT2D eigenvalue weighted by Gasteiger charge is 2.42. The molecule has 7 rings (SSSR count). The molecule has 16 heteroatoms. The van der Waals surface area contributed by atoms with Crippen molar-refractivity contribution in [1.82, 2.24) is 41.2 Å². The van der Waals surface area contributed by atoms with Crippen LogP contribution in [0.4, 0.5) is 20.2 Å². The maximum atomic E-state index is 14.9. The van der Waals surface area contributed by atoms with Gasteiger partial charge in [-0.25, -0.2) is 9.97 Å². The van der Waals surface area contributed by atoms with Gasteiger partial charge in [-0.3, -0.25) is 19.2 Å². The monoisotopic (exact) mass is 626 g/mol. The summed E-state index contributed by atoms with van der Waals surface area (Å²) in [4.78, 5) is 58.7. The number of aromatic amines is 1. The molecule has 2 aliphatic rings. The maximum absolute atomic E-state index is 14.9. The van der Waals surface area contributed by atoms with Gasteiger partial charge in [0.15, 0.2) is 0 Å². The number of anilines is 2. The van der Waals surface area contributed by atoms with E-state index in [4.69, 9.17) is 5.73 Å². The third kappa shape index (κ3) is 5.02. The van der Waals surface area contributed by atoms with Gasteiger partial charge >= 0.3 is 0 Å². The lowest BCUT2D eigenvalue weighted by molar-refractivity contribution is -0.00253. The SMILES string of the molecule is Nc1c(N2Cc3cc(CNC(=O)c4cc(C(=O)N[C@H]5CCc6cc(-c7nn[nH]n7)ccc65)ncn4)ccc3C(F)(F)C2)c(=O)c1=O. The Labute approximate surface area is 257 Å². The van der Waals surface area contributed by atoms with Crippen molar-refractivity contribution in [3.05, 3.63) is 108 Å². The topological polar surface area (TPSA) is 202 Å². The number of alkyl halides is 2. The highest BCUT2D eigenvalue weighted by atomic mass is 19.3. The van der Waals surface area contributed by atoms with Gasteiger partial charge in [-0.1, -0.05) is 30.3 Å². The molecule has 232 valence electrons. The van der Waals surface area contributed by atoms with Crippen molar-refractivity contribution < 1.29 is 18.4 Å². The van der Waals surface area contributed by atoms with Crippen LogP contribution in [0.15, 0.2) is 58.4 Å². The molecule has 0 bridgehead atoms. The number of aryl methyl sites for hydroxylation is 1. The van der Waals surface area contributed by atoms with Gasteiger partial charge in [0.1, 0.15) is 29.1 Å².